The van der Waals surface area contributed by atoms with Gasteiger partial charge in [0.25, 0.3) is 0 Å². The van der Waals surface area contributed by atoms with Gasteiger partial charge in [0.2, 0.25) is 0 Å². The van der Waals surface area contributed by atoms with Crippen molar-refractivity contribution in [3.8, 4) is 0 Å². The summed E-state index contributed by atoms with van der Waals surface area (Å²) in [7, 11) is 0. The van der Waals surface area contributed by atoms with Crippen molar-refractivity contribution in [1.29, 1.82) is 0 Å². The topological polar surface area (TPSA) is 101 Å². The van der Waals surface area contributed by atoms with Crippen LogP contribution >= 0.6 is 11.3 Å². The van der Waals surface area contributed by atoms with Crippen LogP contribution in [0.15, 0.2) is 6.20 Å². The number of nitrogens with zero attached hydrogens (tertiary/aromatic N) is 1. The molecule has 116 valence electrons. The van der Waals surface area contributed by atoms with Crippen LogP contribution in [0.5, 0.6) is 0 Å². The van der Waals surface area contributed by atoms with Gasteiger partial charge in [-0.1, -0.05) is 6.92 Å². The van der Waals surface area contributed by atoms with Crippen LogP contribution in [0.3, 0.4) is 0 Å². The number of carbonyl (C=O) groups is 2. The quantitative estimate of drug-likeness (QED) is 0.757. The summed E-state index contributed by atoms with van der Waals surface area (Å²) in [6.07, 6.45) is 3.24. The van der Waals surface area contributed by atoms with E-state index in [-0.39, 0.29) is 12.8 Å². The van der Waals surface area contributed by atoms with Crippen molar-refractivity contribution < 1.29 is 19.4 Å². The fourth-order valence-electron chi connectivity index (χ4n) is 2.12. The van der Waals surface area contributed by atoms with Gasteiger partial charge in [0.05, 0.1) is 6.54 Å². The van der Waals surface area contributed by atoms with Gasteiger partial charge in [-0.2, -0.15) is 0 Å². The summed E-state index contributed by atoms with van der Waals surface area (Å²) in [5.41, 5.74) is -1.24. The summed E-state index contributed by atoms with van der Waals surface area (Å²) >= 11 is 1.54. The zero-order valence-corrected chi connectivity index (χ0v) is 12.7. The van der Waals surface area contributed by atoms with Crippen molar-refractivity contribution in [3.05, 3.63) is 16.1 Å². The van der Waals surface area contributed by atoms with E-state index in [0.717, 1.165) is 16.3 Å². The van der Waals surface area contributed by atoms with Crippen LogP contribution in [0.25, 0.3) is 0 Å². The summed E-state index contributed by atoms with van der Waals surface area (Å²) in [6.45, 7) is 3.00. The van der Waals surface area contributed by atoms with Crippen molar-refractivity contribution in [1.82, 2.24) is 15.6 Å². The van der Waals surface area contributed by atoms with Gasteiger partial charge in [0, 0.05) is 37.1 Å². The molecule has 8 heteroatoms. The molecule has 3 N–H and O–H groups in total. The molecule has 21 heavy (non-hydrogen) atoms. The number of carbonyl (C=O) groups excluding carboxylic acids is 1. The van der Waals surface area contributed by atoms with Crippen LogP contribution in [-0.4, -0.2) is 40.8 Å². The number of hydrogen-bond acceptors (Lipinski definition) is 5. The number of amides is 2. The van der Waals surface area contributed by atoms with Crippen molar-refractivity contribution in [2.24, 2.45) is 0 Å². The fourth-order valence-corrected chi connectivity index (χ4v) is 2.92. The Morgan fingerprint density at radius 3 is 2.76 bits per heavy atom. The molecule has 2 heterocycles. The Balaban J connectivity index is 1.89. The molecule has 0 atom stereocenters. The lowest BCUT2D eigenvalue weighted by molar-refractivity contribution is -0.148. The molecule has 7 nitrogen and oxygen atoms in total. The van der Waals surface area contributed by atoms with Crippen LogP contribution in [0, 0.1) is 0 Å². The van der Waals surface area contributed by atoms with Crippen LogP contribution in [0.1, 0.15) is 29.7 Å². The largest absolute Gasteiger partial charge is 0.480 e. The van der Waals surface area contributed by atoms with E-state index < -0.39 is 17.5 Å². The lowest BCUT2D eigenvalue weighted by Gasteiger charge is -2.33. The second kappa shape index (κ2) is 6.86. The van der Waals surface area contributed by atoms with Crippen molar-refractivity contribution >= 4 is 23.3 Å². The summed E-state index contributed by atoms with van der Waals surface area (Å²) in [6, 6.07) is -0.493. The summed E-state index contributed by atoms with van der Waals surface area (Å²) in [4.78, 5) is 28.7. The van der Waals surface area contributed by atoms with Gasteiger partial charge in [0.1, 0.15) is 10.5 Å². The van der Waals surface area contributed by atoms with Crippen molar-refractivity contribution in [2.45, 2.75) is 38.3 Å². The molecule has 0 saturated carbocycles. The molecule has 1 aromatic rings. The maximum Gasteiger partial charge on any atom is 0.329 e. The predicted molar refractivity (Wildman–Crippen MR) is 77.3 cm³/mol. The number of aliphatic carboxylic acids is 1. The highest BCUT2D eigenvalue weighted by atomic mass is 32.1. The van der Waals surface area contributed by atoms with E-state index in [1.54, 1.807) is 6.20 Å². The molecule has 0 bridgehead atoms. The Kier molecular flexibility index (Phi) is 5.13. The molecule has 0 spiro atoms. The minimum Gasteiger partial charge on any atom is -0.480 e. The van der Waals surface area contributed by atoms with Gasteiger partial charge in [0.15, 0.2) is 0 Å². The molecule has 1 fully saturated rings. The molecule has 0 aliphatic carbocycles. The van der Waals surface area contributed by atoms with E-state index in [1.807, 2.05) is 6.92 Å². The lowest BCUT2D eigenvalue weighted by Crippen LogP contribution is -2.59. The Morgan fingerprint density at radius 1 is 1.48 bits per heavy atom. The molecule has 0 unspecified atom stereocenters. The standard InChI is InChI=1S/C13H19N3O4S/c1-2-9-7-14-10(21-9)8-15-12(19)16-13(11(17)18)3-5-20-6-4-13/h7H,2-6,8H2,1H3,(H,17,18)(H2,15,16,19). The Morgan fingerprint density at radius 2 is 2.19 bits per heavy atom. The highest BCUT2D eigenvalue weighted by molar-refractivity contribution is 7.11. The van der Waals surface area contributed by atoms with Crippen LogP contribution in [0.4, 0.5) is 4.79 Å². The van der Waals surface area contributed by atoms with Crippen LogP contribution in [-0.2, 0) is 22.5 Å². The first kappa shape index (κ1) is 15.7. The van der Waals surface area contributed by atoms with Crippen LogP contribution in [0.2, 0.25) is 0 Å². The predicted octanol–water partition coefficient (Wildman–Crippen LogP) is 1.14. The lowest BCUT2D eigenvalue weighted by atomic mass is 9.90. The molecule has 1 aliphatic rings. The number of carboxylic acids is 1. The number of urea groups is 1. The highest BCUT2D eigenvalue weighted by Gasteiger charge is 2.41. The number of aromatic nitrogens is 1. The number of thiazole rings is 1. The number of ether oxygens (including phenoxy) is 1. The van der Waals surface area contributed by atoms with E-state index in [4.69, 9.17) is 4.74 Å². The number of rotatable bonds is 5. The number of aryl methyl sites for hydroxylation is 1. The summed E-state index contributed by atoms with van der Waals surface area (Å²) in [5, 5.41) is 15.4. The third kappa shape index (κ3) is 3.92. The van der Waals surface area contributed by atoms with Gasteiger partial charge in [-0.15, -0.1) is 11.3 Å². The Bertz CT molecular complexity index is 511. The first-order valence-electron chi connectivity index (χ1n) is 6.86. The summed E-state index contributed by atoms with van der Waals surface area (Å²) < 4.78 is 5.16. The molecule has 0 radical (unpaired) electrons. The third-order valence-corrected chi connectivity index (χ3v) is 4.60. The Labute approximate surface area is 126 Å². The van der Waals surface area contributed by atoms with E-state index >= 15 is 0 Å². The van der Waals surface area contributed by atoms with Crippen LogP contribution < -0.4 is 10.6 Å². The average Bonchev–Trinajstić information content (AvgIpc) is 2.94. The smallest absolute Gasteiger partial charge is 0.329 e. The molecular formula is C13H19N3O4S. The first-order chi connectivity index (χ1) is 10.1. The second-order valence-electron chi connectivity index (χ2n) is 4.88. The molecule has 1 saturated heterocycles. The van der Waals surface area contributed by atoms with Crippen molar-refractivity contribution in [3.63, 3.8) is 0 Å². The maximum atomic E-state index is 11.9. The van der Waals surface area contributed by atoms with Gasteiger partial charge < -0.3 is 20.5 Å². The van der Waals surface area contributed by atoms with Gasteiger partial charge in [-0.25, -0.2) is 14.6 Å². The van der Waals surface area contributed by atoms with E-state index in [9.17, 15) is 14.7 Å². The zero-order valence-electron chi connectivity index (χ0n) is 11.8. The fraction of sp³-hybridized carbons (Fsp3) is 0.615. The van der Waals surface area contributed by atoms with Gasteiger partial charge in [-0.05, 0) is 6.42 Å². The average molecular weight is 313 g/mol. The maximum absolute atomic E-state index is 11.9. The third-order valence-electron chi connectivity index (χ3n) is 3.46. The first-order valence-corrected chi connectivity index (χ1v) is 7.68. The van der Waals surface area contributed by atoms with E-state index in [1.165, 1.54) is 11.3 Å². The van der Waals surface area contributed by atoms with Gasteiger partial charge in [-0.3, -0.25) is 0 Å². The van der Waals surface area contributed by atoms with Crippen molar-refractivity contribution in [2.75, 3.05) is 13.2 Å². The highest BCUT2D eigenvalue weighted by Crippen LogP contribution is 2.21. The van der Waals surface area contributed by atoms with E-state index in [0.29, 0.717) is 19.8 Å². The number of carboxylic acid groups (broad SMARTS) is 1. The molecule has 1 aromatic heterocycles. The monoisotopic (exact) mass is 313 g/mol. The number of nitrogens with one attached hydrogen (secondary N) is 2. The van der Waals surface area contributed by atoms with E-state index in [2.05, 4.69) is 15.6 Å². The SMILES string of the molecule is CCc1cnc(CNC(=O)NC2(C(=O)O)CCOCC2)s1. The molecule has 0 aromatic carbocycles. The molecule has 2 rings (SSSR count). The zero-order chi connectivity index (χ0) is 15.3. The minimum absolute atomic E-state index is 0.271. The molecular weight excluding hydrogens is 294 g/mol. The second-order valence-corrected chi connectivity index (χ2v) is 6.08. The molecule has 2 amide bonds. The minimum atomic E-state index is -1.24. The normalized spacial score (nSPS) is 17.2. The number of hydrogen-bond donors (Lipinski definition) is 3. The Hall–Kier alpha value is -1.67. The van der Waals surface area contributed by atoms with Gasteiger partial charge >= 0.3 is 12.0 Å². The summed E-state index contributed by atoms with van der Waals surface area (Å²) in [5.74, 6) is -1.02. The molecule has 1 aliphatic heterocycles.